The molecule has 0 aromatic heterocycles. The van der Waals surface area contributed by atoms with E-state index in [-0.39, 0.29) is 12.3 Å². The van der Waals surface area contributed by atoms with Crippen molar-refractivity contribution in [3.63, 3.8) is 0 Å². The maximum absolute atomic E-state index is 10.5. The Kier molecular flexibility index (Phi) is 3.93. The van der Waals surface area contributed by atoms with Crippen LogP contribution in [0.5, 0.6) is 5.75 Å². The van der Waals surface area contributed by atoms with Crippen molar-refractivity contribution in [2.24, 2.45) is 5.92 Å². The molecule has 0 saturated carbocycles. The molecule has 0 heterocycles. The molecule has 0 bridgehead atoms. The largest absolute Gasteiger partial charge is 0.507 e. The van der Waals surface area contributed by atoms with Gasteiger partial charge in [-0.15, -0.1) is 0 Å². The SMILES string of the molecule is Cc1cc(CC(C)CC(=O)O)cc(C)c1O. The van der Waals surface area contributed by atoms with Crippen LogP contribution in [-0.2, 0) is 11.2 Å². The Morgan fingerprint density at radius 3 is 2.25 bits per heavy atom. The molecule has 3 heteroatoms. The van der Waals surface area contributed by atoms with Crippen molar-refractivity contribution in [1.82, 2.24) is 0 Å². The highest BCUT2D eigenvalue weighted by molar-refractivity contribution is 5.67. The lowest BCUT2D eigenvalue weighted by atomic mass is 9.95. The quantitative estimate of drug-likeness (QED) is 0.823. The third-order valence-electron chi connectivity index (χ3n) is 2.66. The van der Waals surface area contributed by atoms with E-state index in [2.05, 4.69) is 0 Å². The minimum atomic E-state index is -0.764. The standard InChI is InChI=1S/C13H18O3/c1-8(5-12(14)15)4-11-6-9(2)13(16)10(3)7-11/h6-8,16H,4-5H2,1-3H3,(H,14,15). The molecule has 0 aliphatic heterocycles. The van der Waals surface area contributed by atoms with Gasteiger partial charge in [0.1, 0.15) is 5.75 Å². The molecule has 0 aliphatic carbocycles. The van der Waals surface area contributed by atoms with E-state index in [1.54, 1.807) is 0 Å². The van der Waals surface area contributed by atoms with Crippen LogP contribution in [-0.4, -0.2) is 16.2 Å². The van der Waals surface area contributed by atoms with Crippen LogP contribution in [0.25, 0.3) is 0 Å². The summed E-state index contributed by atoms with van der Waals surface area (Å²) in [4.78, 5) is 10.5. The number of aryl methyl sites for hydroxylation is 2. The van der Waals surface area contributed by atoms with Crippen LogP contribution in [0.3, 0.4) is 0 Å². The predicted molar refractivity (Wildman–Crippen MR) is 62.7 cm³/mol. The van der Waals surface area contributed by atoms with Crippen LogP contribution in [0.15, 0.2) is 12.1 Å². The molecule has 2 N–H and O–H groups in total. The second-order valence-electron chi connectivity index (χ2n) is 4.49. The number of hydrogen-bond acceptors (Lipinski definition) is 2. The molecule has 1 aromatic carbocycles. The van der Waals surface area contributed by atoms with E-state index in [9.17, 15) is 9.90 Å². The molecule has 1 rings (SSSR count). The maximum atomic E-state index is 10.5. The summed E-state index contributed by atoms with van der Waals surface area (Å²) in [5.41, 5.74) is 2.77. The lowest BCUT2D eigenvalue weighted by molar-refractivity contribution is -0.137. The zero-order valence-electron chi connectivity index (χ0n) is 9.95. The van der Waals surface area contributed by atoms with E-state index in [0.29, 0.717) is 5.75 Å². The Bertz CT molecular complexity index is 373. The Labute approximate surface area is 95.7 Å². The molecule has 3 nitrogen and oxygen atoms in total. The predicted octanol–water partition coefficient (Wildman–Crippen LogP) is 2.66. The van der Waals surface area contributed by atoms with E-state index in [0.717, 1.165) is 23.1 Å². The van der Waals surface area contributed by atoms with Gasteiger partial charge in [-0.3, -0.25) is 4.79 Å². The van der Waals surface area contributed by atoms with Gasteiger partial charge in [0.25, 0.3) is 0 Å². The van der Waals surface area contributed by atoms with E-state index in [4.69, 9.17) is 5.11 Å². The van der Waals surface area contributed by atoms with Gasteiger partial charge in [0.05, 0.1) is 0 Å². The molecule has 0 spiro atoms. The average Bonchev–Trinajstić information content (AvgIpc) is 2.12. The Morgan fingerprint density at radius 2 is 1.81 bits per heavy atom. The lowest BCUT2D eigenvalue weighted by Crippen LogP contribution is -2.07. The summed E-state index contributed by atoms with van der Waals surface area (Å²) in [7, 11) is 0. The van der Waals surface area contributed by atoms with Gasteiger partial charge in [-0.1, -0.05) is 19.1 Å². The number of carboxylic acid groups (broad SMARTS) is 1. The first-order valence-corrected chi connectivity index (χ1v) is 5.41. The number of carbonyl (C=O) groups is 1. The van der Waals surface area contributed by atoms with Gasteiger partial charge >= 0.3 is 5.97 Å². The monoisotopic (exact) mass is 222 g/mol. The number of phenolic OH excluding ortho intramolecular Hbond substituents is 1. The van der Waals surface area contributed by atoms with Crippen LogP contribution < -0.4 is 0 Å². The molecule has 0 aliphatic rings. The molecular weight excluding hydrogens is 204 g/mol. The lowest BCUT2D eigenvalue weighted by Gasteiger charge is -2.11. The first kappa shape index (κ1) is 12.6. The highest BCUT2D eigenvalue weighted by Gasteiger charge is 2.10. The van der Waals surface area contributed by atoms with Crippen molar-refractivity contribution >= 4 is 5.97 Å². The number of carboxylic acids is 1. The molecule has 0 radical (unpaired) electrons. The second-order valence-corrected chi connectivity index (χ2v) is 4.49. The van der Waals surface area contributed by atoms with Gasteiger partial charge in [-0.2, -0.15) is 0 Å². The summed E-state index contributed by atoms with van der Waals surface area (Å²) < 4.78 is 0. The fourth-order valence-corrected chi connectivity index (χ4v) is 1.94. The first-order valence-electron chi connectivity index (χ1n) is 5.41. The van der Waals surface area contributed by atoms with Crippen LogP contribution in [0.2, 0.25) is 0 Å². The smallest absolute Gasteiger partial charge is 0.303 e. The van der Waals surface area contributed by atoms with E-state index in [1.807, 2.05) is 32.9 Å². The highest BCUT2D eigenvalue weighted by atomic mass is 16.4. The summed E-state index contributed by atoms with van der Waals surface area (Å²) in [5, 5.41) is 18.3. The Hall–Kier alpha value is -1.51. The Balaban J connectivity index is 2.78. The van der Waals surface area contributed by atoms with Crippen molar-refractivity contribution in [2.75, 3.05) is 0 Å². The van der Waals surface area contributed by atoms with Crippen LogP contribution in [0.4, 0.5) is 0 Å². The molecule has 0 saturated heterocycles. The van der Waals surface area contributed by atoms with Crippen LogP contribution in [0, 0.1) is 19.8 Å². The van der Waals surface area contributed by atoms with E-state index in [1.165, 1.54) is 0 Å². The normalized spacial score (nSPS) is 12.4. The van der Waals surface area contributed by atoms with E-state index >= 15 is 0 Å². The van der Waals surface area contributed by atoms with Gasteiger partial charge in [-0.25, -0.2) is 0 Å². The molecule has 16 heavy (non-hydrogen) atoms. The summed E-state index contributed by atoms with van der Waals surface area (Å²) >= 11 is 0. The van der Waals surface area contributed by atoms with Crippen molar-refractivity contribution in [1.29, 1.82) is 0 Å². The topological polar surface area (TPSA) is 57.5 Å². The average molecular weight is 222 g/mol. The third kappa shape index (κ3) is 3.26. The van der Waals surface area contributed by atoms with Crippen molar-refractivity contribution in [3.05, 3.63) is 28.8 Å². The van der Waals surface area contributed by atoms with E-state index < -0.39 is 5.97 Å². The number of phenols is 1. The zero-order chi connectivity index (χ0) is 12.3. The molecule has 1 aromatic rings. The number of rotatable bonds is 4. The number of aromatic hydroxyl groups is 1. The van der Waals surface area contributed by atoms with Crippen molar-refractivity contribution in [2.45, 2.75) is 33.6 Å². The fourth-order valence-electron chi connectivity index (χ4n) is 1.94. The summed E-state index contributed by atoms with van der Waals surface area (Å²) in [5.74, 6) is -0.324. The Morgan fingerprint density at radius 1 is 1.31 bits per heavy atom. The minimum absolute atomic E-state index is 0.112. The molecular formula is C13H18O3. The molecule has 0 amide bonds. The summed E-state index contributed by atoms with van der Waals surface area (Å²) in [6.45, 7) is 5.63. The minimum Gasteiger partial charge on any atom is -0.507 e. The molecule has 0 fully saturated rings. The van der Waals surface area contributed by atoms with Crippen molar-refractivity contribution in [3.8, 4) is 5.75 Å². The second kappa shape index (κ2) is 5.01. The highest BCUT2D eigenvalue weighted by Crippen LogP contribution is 2.24. The number of aliphatic carboxylic acids is 1. The van der Waals surface area contributed by atoms with Gasteiger partial charge in [0.2, 0.25) is 0 Å². The van der Waals surface area contributed by atoms with Gasteiger partial charge < -0.3 is 10.2 Å². The molecule has 88 valence electrons. The summed E-state index contributed by atoms with van der Waals surface area (Å²) in [6, 6.07) is 3.83. The van der Waals surface area contributed by atoms with Gasteiger partial charge in [0, 0.05) is 6.42 Å². The maximum Gasteiger partial charge on any atom is 0.303 e. The number of hydrogen-bond donors (Lipinski definition) is 2. The van der Waals surface area contributed by atoms with Gasteiger partial charge in [0.15, 0.2) is 0 Å². The fraction of sp³-hybridized carbons (Fsp3) is 0.462. The zero-order valence-corrected chi connectivity index (χ0v) is 9.95. The summed E-state index contributed by atoms with van der Waals surface area (Å²) in [6.07, 6.45) is 0.910. The van der Waals surface area contributed by atoms with Crippen LogP contribution >= 0.6 is 0 Å². The van der Waals surface area contributed by atoms with Gasteiger partial charge in [-0.05, 0) is 42.9 Å². The third-order valence-corrected chi connectivity index (χ3v) is 2.66. The van der Waals surface area contributed by atoms with Crippen LogP contribution in [0.1, 0.15) is 30.0 Å². The molecule has 1 atom stereocenters. The first-order chi connectivity index (χ1) is 7.40. The number of benzene rings is 1. The molecule has 1 unspecified atom stereocenters. The van der Waals surface area contributed by atoms with Crippen molar-refractivity contribution < 1.29 is 15.0 Å².